The molecule has 3 aromatic heterocycles. The average Bonchev–Trinajstić information content (AvgIpc) is 3.36. The van der Waals surface area contributed by atoms with E-state index in [1.54, 1.807) is 17.7 Å². The fourth-order valence-corrected chi connectivity index (χ4v) is 5.87. The Kier molecular flexibility index (Phi) is 5.91. The summed E-state index contributed by atoms with van der Waals surface area (Å²) in [6.07, 6.45) is 5.78. The van der Waals surface area contributed by atoms with Gasteiger partial charge in [-0.1, -0.05) is 18.2 Å². The molecule has 1 aromatic carbocycles. The lowest BCUT2D eigenvalue weighted by molar-refractivity contribution is 0.0526. The Bertz CT molecular complexity index is 1420. The number of hydrogen-bond donors (Lipinski definition) is 1. The van der Waals surface area contributed by atoms with Crippen LogP contribution >= 0.6 is 11.3 Å². The minimum Gasteiger partial charge on any atom is -0.462 e. The number of carbonyl (C=O) groups is 2. The highest BCUT2D eigenvalue weighted by atomic mass is 32.1. The van der Waals surface area contributed by atoms with E-state index < -0.39 is 0 Å². The fraction of sp³-hybridized carbons (Fsp3) is 0.308. The van der Waals surface area contributed by atoms with Crippen molar-refractivity contribution in [1.29, 1.82) is 0 Å². The Balaban J connectivity index is 1.59. The van der Waals surface area contributed by atoms with Gasteiger partial charge in [-0.2, -0.15) is 5.10 Å². The summed E-state index contributed by atoms with van der Waals surface area (Å²) in [5, 5.41) is 8.79. The molecule has 1 aliphatic carbocycles. The molecule has 34 heavy (non-hydrogen) atoms. The van der Waals surface area contributed by atoms with E-state index in [0.717, 1.165) is 58.3 Å². The normalized spacial score (nSPS) is 13.0. The third-order valence-electron chi connectivity index (χ3n) is 6.13. The van der Waals surface area contributed by atoms with Gasteiger partial charge in [0.1, 0.15) is 5.00 Å². The molecule has 0 saturated carbocycles. The van der Waals surface area contributed by atoms with Gasteiger partial charge >= 0.3 is 5.97 Å². The van der Waals surface area contributed by atoms with E-state index >= 15 is 0 Å². The maximum atomic E-state index is 13.6. The van der Waals surface area contributed by atoms with Crippen molar-refractivity contribution in [3.8, 4) is 11.3 Å². The molecule has 3 heterocycles. The number of nitrogens with zero attached hydrogens (tertiary/aromatic N) is 3. The number of fused-ring (bicyclic) bond motifs is 2. The van der Waals surface area contributed by atoms with Crippen LogP contribution in [0.2, 0.25) is 0 Å². The highest BCUT2D eigenvalue weighted by molar-refractivity contribution is 7.17. The number of pyridine rings is 1. The van der Waals surface area contributed by atoms with E-state index in [2.05, 4.69) is 10.4 Å². The number of para-hydroxylation sites is 1. The van der Waals surface area contributed by atoms with Gasteiger partial charge in [-0.05, 0) is 57.2 Å². The van der Waals surface area contributed by atoms with Gasteiger partial charge in [-0.3, -0.25) is 9.48 Å². The number of thiophene rings is 1. The molecule has 5 rings (SSSR count). The Hall–Kier alpha value is -3.52. The molecular weight excluding hydrogens is 448 g/mol. The Labute approximate surface area is 201 Å². The summed E-state index contributed by atoms with van der Waals surface area (Å²) in [5.41, 5.74) is 5.17. The molecule has 0 atom stereocenters. The first kappa shape index (κ1) is 22.3. The highest BCUT2D eigenvalue weighted by Gasteiger charge is 2.28. The van der Waals surface area contributed by atoms with Crippen LogP contribution in [0.3, 0.4) is 0 Å². The quantitative estimate of drug-likeness (QED) is 0.396. The number of rotatable bonds is 5. The zero-order valence-corrected chi connectivity index (χ0v) is 20.3. The van der Waals surface area contributed by atoms with Crippen molar-refractivity contribution in [2.45, 2.75) is 39.5 Å². The topological polar surface area (TPSA) is 86.1 Å². The number of benzene rings is 1. The third-order valence-corrected chi connectivity index (χ3v) is 7.34. The predicted octanol–water partition coefficient (Wildman–Crippen LogP) is 5.31. The number of anilines is 1. The van der Waals surface area contributed by atoms with Gasteiger partial charge in [-0.15, -0.1) is 11.3 Å². The summed E-state index contributed by atoms with van der Waals surface area (Å²) >= 11 is 1.49. The second kappa shape index (κ2) is 9.02. The molecule has 0 saturated heterocycles. The fourth-order valence-electron chi connectivity index (χ4n) is 4.60. The van der Waals surface area contributed by atoms with E-state index in [-0.39, 0.29) is 11.9 Å². The average molecular weight is 475 g/mol. The van der Waals surface area contributed by atoms with Gasteiger partial charge in [0, 0.05) is 29.1 Å². The van der Waals surface area contributed by atoms with Gasteiger partial charge in [-0.25, -0.2) is 9.78 Å². The number of amides is 1. The van der Waals surface area contributed by atoms with Crippen molar-refractivity contribution in [1.82, 2.24) is 14.8 Å². The molecule has 0 radical (unpaired) electrons. The molecule has 0 unspecified atom stereocenters. The van der Waals surface area contributed by atoms with E-state index in [1.165, 1.54) is 11.3 Å². The van der Waals surface area contributed by atoms with Crippen molar-refractivity contribution in [3.63, 3.8) is 0 Å². The number of carbonyl (C=O) groups excluding carboxylic acids is 2. The van der Waals surface area contributed by atoms with E-state index in [4.69, 9.17) is 9.72 Å². The van der Waals surface area contributed by atoms with Gasteiger partial charge in [0.05, 0.1) is 34.6 Å². The highest BCUT2D eigenvalue weighted by Crippen LogP contribution is 2.39. The number of esters is 1. The molecule has 1 aliphatic rings. The zero-order chi connectivity index (χ0) is 23.8. The van der Waals surface area contributed by atoms with E-state index in [9.17, 15) is 9.59 Å². The molecule has 8 heteroatoms. The summed E-state index contributed by atoms with van der Waals surface area (Å²) < 4.78 is 7.08. The zero-order valence-electron chi connectivity index (χ0n) is 19.5. The van der Waals surface area contributed by atoms with Crippen molar-refractivity contribution >= 4 is 39.1 Å². The lowest BCUT2D eigenvalue weighted by Gasteiger charge is -2.13. The van der Waals surface area contributed by atoms with Crippen LogP contribution in [-0.2, 0) is 24.6 Å². The van der Waals surface area contributed by atoms with Crippen molar-refractivity contribution in [2.24, 2.45) is 7.05 Å². The Morgan fingerprint density at radius 1 is 1.21 bits per heavy atom. The second-order valence-electron chi connectivity index (χ2n) is 8.46. The monoisotopic (exact) mass is 474 g/mol. The van der Waals surface area contributed by atoms with Crippen molar-refractivity contribution < 1.29 is 14.3 Å². The van der Waals surface area contributed by atoms with E-state index in [1.807, 2.05) is 44.4 Å². The maximum Gasteiger partial charge on any atom is 0.341 e. The lowest BCUT2D eigenvalue weighted by atomic mass is 9.95. The van der Waals surface area contributed by atoms with Crippen LogP contribution in [0.15, 0.2) is 36.5 Å². The first-order valence-electron chi connectivity index (χ1n) is 11.5. The summed E-state index contributed by atoms with van der Waals surface area (Å²) in [4.78, 5) is 32.4. The molecule has 4 aromatic rings. The minimum absolute atomic E-state index is 0.273. The lowest BCUT2D eigenvalue weighted by Crippen LogP contribution is -2.16. The van der Waals surface area contributed by atoms with Gasteiger partial charge in [0.15, 0.2) is 0 Å². The first-order chi connectivity index (χ1) is 16.5. The smallest absolute Gasteiger partial charge is 0.341 e. The molecule has 0 fully saturated rings. The van der Waals surface area contributed by atoms with Crippen molar-refractivity contribution in [2.75, 3.05) is 11.9 Å². The minimum atomic E-state index is -0.372. The van der Waals surface area contributed by atoms with Crippen LogP contribution in [0.4, 0.5) is 5.00 Å². The second-order valence-corrected chi connectivity index (χ2v) is 9.57. The van der Waals surface area contributed by atoms with Crippen LogP contribution in [0, 0.1) is 6.92 Å². The van der Waals surface area contributed by atoms with Crippen LogP contribution < -0.4 is 5.32 Å². The first-order valence-corrected chi connectivity index (χ1v) is 12.3. The molecule has 0 spiro atoms. The standard InChI is InChI=1S/C26H26N4O3S/c1-4-33-26(32)23-17-10-6-8-12-22(17)34-25(23)28-24(31)18-13-21(19-14-30(3)29-15(19)2)27-20-11-7-5-9-16(18)20/h5,7,9,11,13-14H,4,6,8,10,12H2,1-3H3,(H,28,31). The largest absolute Gasteiger partial charge is 0.462 e. The molecule has 1 amide bonds. The van der Waals surface area contributed by atoms with Crippen molar-refractivity contribution in [3.05, 3.63) is 63.8 Å². The molecule has 1 N–H and O–H groups in total. The summed E-state index contributed by atoms with van der Waals surface area (Å²) in [7, 11) is 1.86. The Morgan fingerprint density at radius 3 is 2.76 bits per heavy atom. The molecule has 0 aliphatic heterocycles. The third kappa shape index (κ3) is 3.98. The van der Waals surface area contributed by atoms with Crippen LogP contribution in [0.25, 0.3) is 22.2 Å². The number of ether oxygens (including phenoxy) is 1. The number of aryl methyl sites for hydroxylation is 3. The van der Waals surface area contributed by atoms with Gasteiger partial charge < -0.3 is 10.1 Å². The maximum absolute atomic E-state index is 13.6. The van der Waals surface area contributed by atoms with Gasteiger partial charge in [0.2, 0.25) is 0 Å². The van der Waals surface area contributed by atoms with Gasteiger partial charge in [0.25, 0.3) is 5.91 Å². The van der Waals surface area contributed by atoms with E-state index in [0.29, 0.717) is 28.4 Å². The van der Waals surface area contributed by atoms with Crippen LogP contribution in [-0.4, -0.2) is 33.2 Å². The Morgan fingerprint density at radius 2 is 2.00 bits per heavy atom. The molecule has 7 nitrogen and oxygen atoms in total. The number of aromatic nitrogens is 3. The van der Waals surface area contributed by atoms with Crippen LogP contribution in [0.5, 0.6) is 0 Å². The summed E-state index contributed by atoms with van der Waals surface area (Å²) in [6.45, 7) is 4.01. The molecular formula is C26H26N4O3S. The predicted molar refractivity (Wildman–Crippen MR) is 134 cm³/mol. The molecule has 0 bridgehead atoms. The molecule has 174 valence electrons. The number of nitrogens with one attached hydrogen (secondary N) is 1. The SMILES string of the molecule is CCOC(=O)c1c(NC(=O)c2cc(-c3cn(C)nc3C)nc3ccccc23)sc2c1CCCC2. The van der Waals surface area contributed by atoms with Crippen LogP contribution in [0.1, 0.15) is 56.6 Å². The number of hydrogen-bond acceptors (Lipinski definition) is 6. The summed E-state index contributed by atoms with van der Waals surface area (Å²) in [6, 6.07) is 9.39. The summed E-state index contributed by atoms with van der Waals surface area (Å²) in [5.74, 6) is -0.644.